The lowest BCUT2D eigenvalue weighted by atomic mass is 10.0. The molecule has 0 bridgehead atoms. The van der Waals surface area contributed by atoms with Gasteiger partial charge in [-0.05, 0) is 33.6 Å². The first-order chi connectivity index (χ1) is 5.83. The molecule has 4 heteroatoms. The van der Waals surface area contributed by atoms with E-state index in [9.17, 15) is 4.79 Å². The maximum absolute atomic E-state index is 11.1. The summed E-state index contributed by atoms with van der Waals surface area (Å²) >= 11 is 3.39. The van der Waals surface area contributed by atoms with Crippen LogP contribution in [0.4, 0.5) is 4.79 Å². The Labute approximate surface area is 87.2 Å². The first kappa shape index (κ1) is 10.8. The quantitative estimate of drug-likeness (QED) is 0.765. The summed E-state index contributed by atoms with van der Waals surface area (Å²) in [4.78, 5) is 12.7. The molecule has 3 nitrogen and oxygen atoms in total. The van der Waals surface area contributed by atoms with E-state index >= 15 is 0 Å². The fourth-order valence-electron chi connectivity index (χ4n) is 1.76. The summed E-state index contributed by atoms with van der Waals surface area (Å²) in [6, 6.07) is 0. The van der Waals surface area contributed by atoms with Crippen LogP contribution in [0.25, 0.3) is 0 Å². The van der Waals surface area contributed by atoms with Gasteiger partial charge in [-0.1, -0.05) is 15.9 Å². The zero-order valence-corrected chi connectivity index (χ0v) is 9.89. The molecule has 0 radical (unpaired) electrons. The molecular weight excluding hydrogens is 234 g/mol. The molecule has 1 rings (SSSR count). The first-order valence-electron chi connectivity index (χ1n) is 4.43. The average Bonchev–Trinajstić information content (AvgIpc) is 2.65. The molecule has 0 atom stereocenters. The second-order valence-corrected chi connectivity index (χ2v) is 5.21. The lowest BCUT2D eigenvalue weighted by Gasteiger charge is -2.39. The lowest BCUT2D eigenvalue weighted by Crippen LogP contribution is -2.53. The number of halogens is 1. The van der Waals surface area contributed by atoms with Crippen LogP contribution in [0.1, 0.15) is 33.6 Å². The molecule has 0 saturated heterocycles. The van der Waals surface area contributed by atoms with Gasteiger partial charge in [-0.3, -0.25) is 4.90 Å². The van der Waals surface area contributed by atoms with Crippen LogP contribution >= 0.6 is 15.9 Å². The molecule has 0 heterocycles. The predicted octanol–water partition coefficient (Wildman–Crippen LogP) is 2.69. The van der Waals surface area contributed by atoms with Crippen LogP contribution in [0.3, 0.4) is 0 Å². The van der Waals surface area contributed by atoms with Crippen LogP contribution in [0, 0.1) is 0 Å². The van der Waals surface area contributed by atoms with Crippen LogP contribution in [0.2, 0.25) is 0 Å². The van der Waals surface area contributed by atoms with Crippen molar-refractivity contribution in [3.05, 3.63) is 0 Å². The highest BCUT2D eigenvalue weighted by Crippen LogP contribution is 2.46. The van der Waals surface area contributed by atoms with Gasteiger partial charge in [0.05, 0.1) is 5.54 Å². The molecule has 0 unspecified atom stereocenters. The molecule has 0 spiro atoms. The van der Waals surface area contributed by atoms with Gasteiger partial charge in [0, 0.05) is 10.9 Å². The molecule has 13 heavy (non-hydrogen) atoms. The average molecular weight is 250 g/mol. The van der Waals surface area contributed by atoms with Crippen molar-refractivity contribution in [3.8, 4) is 0 Å². The van der Waals surface area contributed by atoms with Crippen molar-refractivity contribution in [2.24, 2.45) is 0 Å². The van der Waals surface area contributed by atoms with Crippen LogP contribution < -0.4 is 0 Å². The zero-order valence-electron chi connectivity index (χ0n) is 8.30. The van der Waals surface area contributed by atoms with Gasteiger partial charge in [-0.2, -0.15) is 0 Å². The van der Waals surface area contributed by atoms with Crippen molar-refractivity contribution >= 4 is 22.0 Å². The minimum Gasteiger partial charge on any atom is -0.465 e. The first-order valence-corrected chi connectivity index (χ1v) is 5.55. The van der Waals surface area contributed by atoms with E-state index in [0.717, 1.165) is 18.2 Å². The number of rotatable bonds is 2. The van der Waals surface area contributed by atoms with Gasteiger partial charge in [-0.25, -0.2) is 4.79 Å². The number of amides is 1. The molecule has 0 aromatic rings. The second-order valence-electron chi connectivity index (χ2n) is 4.65. The summed E-state index contributed by atoms with van der Waals surface area (Å²) in [7, 11) is 0. The minimum absolute atomic E-state index is 0.135. The number of alkyl halides is 1. The van der Waals surface area contributed by atoms with Crippen molar-refractivity contribution in [1.82, 2.24) is 4.90 Å². The van der Waals surface area contributed by atoms with E-state index in [1.807, 2.05) is 20.8 Å². The largest absolute Gasteiger partial charge is 0.465 e. The Morgan fingerprint density at radius 3 is 2.08 bits per heavy atom. The van der Waals surface area contributed by atoms with Crippen molar-refractivity contribution < 1.29 is 9.90 Å². The molecule has 76 valence electrons. The number of hydrogen-bond donors (Lipinski definition) is 1. The molecule has 0 aromatic carbocycles. The summed E-state index contributed by atoms with van der Waals surface area (Å²) in [6.07, 6.45) is 1.13. The Hall–Kier alpha value is -0.250. The summed E-state index contributed by atoms with van der Waals surface area (Å²) in [5.74, 6) is 0. The van der Waals surface area contributed by atoms with Crippen molar-refractivity contribution in [2.45, 2.75) is 44.7 Å². The summed E-state index contributed by atoms with van der Waals surface area (Å²) in [5, 5.41) is 9.86. The van der Waals surface area contributed by atoms with Gasteiger partial charge in [0.15, 0.2) is 0 Å². The molecule has 1 aliphatic rings. The van der Waals surface area contributed by atoms with Crippen molar-refractivity contribution in [1.29, 1.82) is 0 Å². The number of carbonyl (C=O) groups is 1. The van der Waals surface area contributed by atoms with Crippen LogP contribution in [-0.2, 0) is 0 Å². The molecule has 1 saturated carbocycles. The van der Waals surface area contributed by atoms with E-state index in [2.05, 4.69) is 15.9 Å². The third-order valence-electron chi connectivity index (χ3n) is 2.41. The Morgan fingerprint density at radius 2 is 2.00 bits per heavy atom. The summed E-state index contributed by atoms with van der Waals surface area (Å²) < 4.78 is 0. The molecule has 0 aliphatic heterocycles. The Bertz CT molecular complexity index is 218. The monoisotopic (exact) mass is 249 g/mol. The lowest BCUT2D eigenvalue weighted by molar-refractivity contribution is 0.0690. The molecular formula is C9H16BrNO2. The van der Waals surface area contributed by atoms with Crippen LogP contribution in [0.5, 0.6) is 0 Å². The Balaban J connectivity index is 2.87. The molecule has 1 aliphatic carbocycles. The predicted molar refractivity (Wildman–Crippen MR) is 55.4 cm³/mol. The number of carboxylic acid groups (broad SMARTS) is 1. The number of nitrogens with zero attached hydrogens (tertiary/aromatic N) is 1. The van der Waals surface area contributed by atoms with E-state index < -0.39 is 6.09 Å². The topological polar surface area (TPSA) is 40.5 Å². The molecule has 1 N–H and O–H groups in total. The van der Waals surface area contributed by atoms with Crippen molar-refractivity contribution in [3.63, 3.8) is 0 Å². The minimum atomic E-state index is -0.815. The Morgan fingerprint density at radius 1 is 1.54 bits per heavy atom. The van der Waals surface area contributed by atoms with Gasteiger partial charge in [0.25, 0.3) is 0 Å². The van der Waals surface area contributed by atoms with Gasteiger partial charge in [0.1, 0.15) is 0 Å². The maximum Gasteiger partial charge on any atom is 0.408 e. The van der Waals surface area contributed by atoms with E-state index in [4.69, 9.17) is 5.11 Å². The zero-order chi connectivity index (χ0) is 10.3. The smallest absolute Gasteiger partial charge is 0.408 e. The van der Waals surface area contributed by atoms with E-state index in [-0.39, 0.29) is 11.1 Å². The van der Waals surface area contributed by atoms with Gasteiger partial charge < -0.3 is 5.11 Å². The van der Waals surface area contributed by atoms with Crippen LogP contribution in [0.15, 0.2) is 0 Å². The van der Waals surface area contributed by atoms with Gasteiger partial charge in [-0.15, -0.1) is 0 Å². The van der Waals surface area contributed by atoms with Crippen LogP contribution in [-0.4, -0.2) is 32.5 Å². The fraction of sp³-hybridized carbons (Fsp3) is 0.889. The van der Waals surface area contributed by atoms with Crippen molar-refractivity contribution in [2.75, 3.05) is 5.33 Å². The highest BCUT2D eigenvalue weighted by atomic mass is 79.9. The summed E-state index contributed by atoms with van der Waals surface area (Å²) in [5.41, 5.74) is -0.444. The highest BCUT2D eigenvalue weighted by Gasteiger charge is 2.53. The standard InChI is InChI=1S/C9H16BrNO2/c1-8(2,3)11(7(12)13)9(6-10)4-5-9/h4-6H2,1-3H3,(H,12,13). The second kappa shape index (κ2) is 3.15. The fourth-order valence-corrected chi connectivity index (χ4v) is 2.57. The van der Waals surface area contributed by atoms with Gasteiger partial charge >= 0.3 is 6.09 Å². The van der Waals surface area contributed by atoms with E-state index in [0.29, 0.717) is 0 Å². The highest BCUT2D eigenvalue weighted by molar-refractivity contribution is 9.09. The van der Waals surface area contributed by atoms with E-state index in [1.54, 1.807) is 4.90 Å². The Kier molecular flexibility index (Phi) is 2.63. The van der Waals surface area contributed by atoms with Gasteiger partial charge in [0.2, 0.25) is 0 Å². The summed E-state index contributed by atoms with van der Waals surface area (Å²) in [6.45, 7) is 5.80. The number of hydrogen-bond acceptors (Lipinski definition) is 1. The van der Waals surface area contributed by atoms with E-state index in [1.165, 1.54) is 0 Å². The SMILES string of the molecule is CC(C)(C)N(C(=O)O)C1(CBr)CC1. The third-order valence-corrected chi connectivity index (χ3v) is 3.46. The molecule has 0 aromatic heterocycles. The normalized spacial score (nSPS) is 19.7. The maximum atomic E-state index is 11.1. The molecule has 1 amide bonds. The third kappa shape index (κ3) is 1.98. The molecule has 1 fully saturated rings.